The van der Waals surface area contributed by atoms with E-state index in [1.54, 1.807) is 0 Å². The molecule has 1 N–H and O–H groups in total. The average molecular weight is 213 g/mol. The Balaban J connectivity index is 2.02. The summed E-state index contributed by atoms with van der Waals surface area (Å²) >= 11 is 0. The lowest BCUT2D eigenvalue weighted by atomic mass is 10.1. The Morgan fingerprint density at radius 2 is 1.80 bits per heavy atom. The molecule has 0 aromatic rings. The third-order valence-electron chi connectivity index (χ3n) is 3.27. The molecule has 0 aliphatic heterocycles. The predicted molar refractivity (Wildman–Crippen MR) is 65.0 cm³/mol. The Labute approximate surface area is 94.7 Å². The summed E-state index contributed by atoms with van der Waals surface area (Å²) in [6.07, 6.45) is 7.64. The van der Waals surface area contributed by atoms with E-state index in [1.807, 2.05) is 0 Å². The van der Waals surface area contributed by atoms with Gasteiger partial charge in [-0.3, -0.25) is 0 Å². The van der Waals surface area contributed by atoms with Crippen molar-refractivity contribution in [2.75, 3.05) is 19.7 Å². The van der Waals surface area contributed by atoms with E-state index in [1.165, 1.54) is 45.2 Å². The summed E-state index contributed by atoms with van der Waals surface area (Å²) in [4.78, 5) is 2.62. The minimum Gasteiger partial charge on any atom is -0.396 e. The summed E-state index contributed by atoms with van der Waals surface area (Å²) in [6.45, 7) is 7.53. The van der Waals surface area contributed by atoms with Gasteiger partial charge in [-0.1, -0.05) is 12.8 Å². The van der Waals surface area contributed by atoms with Crippen molar-refractivity contribution in [2.45, 2.75) is 58.4 Å². The van der Waals surface area contributed by atoms with Crippen LogP contribution in [0.1, 0.15) is 52.4 Å². The first-order valence-corrected chi connectivity index (χ1v) is 6.59. The van der Waals surface area contributed by atoms with E-state index < -0.39 is 0 Å². The van der Waals surface area contributed by atoms with Crippen LogP contribution in [0, 0.1) is 5.92 Å². The smallest absolute Gasteiger partial charge is 0.0431 e. The van der Waals surface area contributed by atoms with E-state index in [0.717, 1.165) is 12.3 Å². The lowest BCUT2D eigenvalue weighted by Crippen LogP contribution is -2.33. The van der Waals surface area contributed by atoms with Gasteiger partial charge in [0.25, 0.3) is 0 Å². The van der Waals surface area contributed by atoms with E-state index >= 15 is 0 Å². The van der Waals surface area contributed by atoms with Gasteiger partial charge < -0.3 is 10.0 Å². The highest BCUT2D eigenvalue weighted by molar-refractivity contribution is 4.78. The van der Waals surface area contributed by atoms with Gasteiger partial charge >= 0.3 is 0 Å². The van der Waals surface area contributed by atoms with Crippen LogP contribution in [0.2, 0.25) is 0 Å². The van der Waals surface area contributed by atoms with Crippen LogP contribution in [0.3, 0.4) is 0 Å². The third-order valence-corrected chi connectivity index (χ3v) is 3.27. The van der Waals surface area contributed by atoms with Gasteiger partial charge in [0, 0.05) is 19.2 Å². The topological polar surface area (TPSA) is 23.5 Å². The number of unbranched alkanes of at least 4 members (excludes halogenated alkanes) is 3. The maximum atomic E-state index is 8.68. The molecule has 0 aromatic heterocycles. The van der Waals surface area contributed by atoms with Gasteiger partial charge in [-0.15, -0.1) is 0 Å². The molecule has 2 nitrogen and oxygen atoms in total. The van der Waals surface area contributed by atoms with Gasteiger partial charge in [-0.05, 0) is 52.0 Å². The van der Waals surface area contributed by atoms with Crippen LogP contribution in [0.15, 0.2) is 0 Å². The largest absolute Gasteiger partial charge is 0.396 e. The highest BCUT2D eigenvalue weighted by Crippen LogP contribution is 2.30. The summed E-state index contributed by atoms with van der Waals surface area (Å²) < 4.78 is 0. The van der Waals surface area contributed by atoms with Crippen LogP contribution in [-0.4, -0.2) is 35.7 Å². The summed E-state index contributed by atoms with van der Waals surface area (Å²) in [6, 6.07) is 0.698. The highest BCUT2D eigenvalue weighted by Gasteiger charge is 2.24. The summed E-state index contributed by atoms with van der Waals surface area (Å²) in [5, 5.41) is 8.68. The molecule has 15 heavy (non-hydrogen) atoms. The maximum absolute atomic E-state index is 8.68. The molecule has 90 valence electrons. The molecule has 0 heterocycles. The zero-order valence-corrected chi connectivity index (χ0v) is 10.4. The maximum Gasteiger partial charge on any atom is 0.0431 e. The Bertz CT molecular complexity index is 155. The normalized spacial score (nSPS) is 16.6. The van der Waals surface area contributed by atoms with Gasteiger partial charge in [0.05, 0.1) is 0 Å². The fourth-order valence-electron chi connectivity index (χ4n) is 1.97. The summed E-state index contributed by atoms with van der Waals surface area (Å²) in [5.41, 5.74) is 0. The second-order valence-electron chi connectivity index (χ2n) is 5.17. The third kappa shape index (κ3) is 6.16. The van der Waals surface area contributed by atoms with Gasteiger partial charge in [-0.25, -0.2) is 0 Å². The predicted octanol–water partition coefficient (Wildman–Crippen LogP) is 2.66. The lowest BCUT2D eigenvalue weighted by Gasteiger charge is -2.26. The fourth-order valence-corrected chi connectivity index (χ4v) is 1.97. The number of aliphatic hydroxyl groups excluding tert-OH is 1. The molecular weight excluding hydrogens is 186 g/mol. The molecule has 0 aromatic carbocycles. The molecule has 2 heteroatoms. The van der Waals surface area contributed by atoms with Crippen LogP contribution in [0.4, 0.5) is 0 Å². The van der Waals surface area contributed by atoms with E-state index in [2.05, 4.69) is 18.7 Å². The van der Waals surface area contributed by atoms with Crippen LogP contribution >= 0.6 is 0 Å². The van der Waals surface area contributed by atoms with Crippen molar-refractivity contribution in [3.8, 4) is 0 Å². The first-order valence-electron chi connectivity index (χ1n) is 6.59. The van der Waals surface area contributed by atoms with E-state index in [0.29, 0.717) is 12.6 Å². The second kappa shape index (κ2) is 7.24. The molecule has 1 aliphatic carbocycles. The van der Waals surface area contributed by atoms with E-state index in [4.69, 9.17) is 5.11 Å². The molecule has 1 aliphatic rings. The summed E-state index contributed by atoms with van der Waals surface area (Å²) in [7, 11) is 0. The first-order chi connectivity index (χ1) is 7.24. The van der Waals surface area contributed by atoms with Gasteiger partial charge in [0.15, 0.2) is 0 Å². The Kier molecular flexibility index (Phi) is 6.26. The number of aliphatic hydroxyl groups is 1. The molecule has 1 rings (SSSR count). The second-order valence-corrected chi connectivity index (χ2v) is 5.17. The van der Waals surface area contributed by atoms with Crippen LogP contribution in [0.25, 0.3) is 0 Å². The monoisotopic (exact) mass is 213 g/mol. The highest BCUT2D eigenvalue weighted by atomic mass is 16.2. The van der Waals surface area contributed by atoms with Gasteiger partial charge in [0.2, 0.25) is 0 Å². The molecule has 0 amide bonds. The number of hydrogen-bond acceptors (Lipinski definition) is 2. The molecular formula is C13H27NO. The molecule has 1 fully saturated rings. The summed E-state index contributed by atoms with van der Waals surface area (Å²) in [5.74, 6) is 1.00. The minimum absolute atomic E-state index is 0.357. The van der Waals surface area contributed by atoms with Gasteiger partial charge in [0.1, 0.15) is 0 Å². The SMILES string of the molecule is CC(C)N(CCCCCCO)CC1CC1. The molecule has 1 saturated carbocycles. The van der Waals surface area contributed by atoms with Crippen molar-refractivity contribution in [1.29, 1.82) is 0 Å². The fraction of sp³-hybridized carbons (Fsp3) is 1.00. The van der Waals surface area contributed by atoms with Crippen molar-refractivity contribution in [3.63, 3.8) is 0 Å². The number of hydrogen-bond donors (Lipinski definition) is 1. The van der Waals surface area contributed by atoms with E-state index in [-0.39, 0.29) is 0 Å². The number of nitrogens with zero attached hydrogens (tertiary/aromatic N) is 1. The van der Waals surface area contributed by atoms with Crippen molar-refractivity contribution in [3.05, 3.63) is 0 Å². The van der Waals surface area contributed by atoms with Crippen LogP contribution in [-0.2, 0) is 0 Å². The van der Waals surface area contributed by atoms with E-state index in [9.17, 15) is 0 Å². The van der Waals surface area contributed by atoms with Crippen molar-refractivity contribution < 1.29 is 5.11 Å². The Morgan fingerprint density at radius 1 is 1.13 bits per heavy atom. The molecule has 0 saturated heterocycles. The van der Waals surface area contributed by atoms with Crippen LogP contribution in [0.5, 0.6) is 0 Å². The molecule has 0 spiro atoms. The molecule has 0 atom stereocenters. The number of rotatable bonds is 9. The first kappa shape index (κ1) is 13.0. The zero-order valence-electron chi connectivity index (χ0n) is 10.4. The lowest BCUT2D eigenvalue weighted by molar-refractivity contribution is 0.206. The van der Waals surface area contributed by atoms with Crippen molar-refractivity contribution in [2.24, 2.45) is 5.92 Å². The van der Waals surface area contributed by atoms with Crippen LogP contribution < -0.4 is 0 Å². The average Bonchev–Trinajstić information content (AvgIpc) is 2.99. The quantitative estimate of drug-likeness (QED) is 0.595. The van der Waals surface area contributed by atoms with Gasteiger partial charge in [-0.2, -0.15) is 0 Å². The minimum atomic E-state index is 0.357. The zero-order chi connectivity index (χ0) is 11.1. The van der Waals surface area contributed by atoms with Crippen molar-refractivity contribution >= 4 is 0 Å². The molecule has 0 unspecified atom stereocenters. The molecule has 0 bridgehead atoms. The Morgan fingerprint density at radius 3 is 2.33 bits per heavy atom. The standard InChI is InChI=1S/C13H27NO/c1-12(2)14(11-13-7-8-13)9-5-3-4-6-10-15/h12-13,15H,3-11H2,1-2H3. The Hall–Kier alpha value is -0.0800. The van der Waals surface area contributed by atoms with Crippen molar-refractivity contribution in [1.82, 2.24) is 4.90 Å². The molecule has 0 radical (unpaired) electrons.